The third kappa shape index (κ3) is 4.05. The molecule has 6 nitrogen and oxygen atoms in total. The number of amides is 3. The lowest BCUT2D eigenvalue weighted by Gasteiger charge is -2.49. The van der Waals surface area contributed by atoms with Crippen LogP contribution in [-0.2, 0) is 14.4 Å². The topological polar surface area (TPSA) is 69.7 Å². The number of carbonyl (C=O) groups is 3. The predicted octanol–water partition coefficient (Wildman–Crippen LogP) is 2.16. The molecule has 1 spiro atoms. The average Bonchev–Trinajstić information content (AvgIpc) is 2.64. The molecule has 2 fully saturated rings. The molecule has 3 rings (SSSR count). The van der Waals surface area contributed by atoms with Gasteiger partial charge in [-0.05, 0) is 44.1 Å². The Labute approximate surface area is 167 Å². The summed E-state index contributed by atoms with van der Waals surface area (Å²) in [6, 6.07) is 10.00. The van der Waals surface area contributed by atoms with Gasteiger partial charge in [0, 0.05) is 33.6 Å². The van der Waals surface area contributed by atoms with Gasteiger partial charge < -0.3 is 15.1 Å². The molecule has 28 heavy (non-hydrogen) atoms. The van der Waals surface area contributed by atoms with Crippen LogP contribution in [0.5, 0.6) is 0 Å². The van der Waals surface area contributed by atoms with Gasteiger partial charge in [-0.2, -0.15) is 0 Å². The summed E-state index contributed by atoms with van der Waals surface area (Å²) in [6.07, 6.45) is 2.57. The van der Waals surface area contributed by atoms with Crippen molar-refractivity contribution in [2.75, 3.05) is 26.7 Å². The van der Waals surface area contributed by atoms with E-state index in [1.54, 1.807) is 13.8 Å². The minimum absolute atomic E-state index is 0.0398. The number of likely N-dealkylation sites (N-methyl/N-ethyl adjacent to an activating group) is 1. The van der Waals surface area contributed by atoms with Gasteiger partial charge in [0.1, 0.15) is 5.54 Å². The van der Waals surface area contributed by atoms with E-state index in [-0.39, 0.29) is 29.1 Å². The third-order valence-corrected chi connectivity index (χ3v) is 6.22. The minimum Gasteiger partial charge on any atom is -0.345 e. The van der Waals surface area contributed by atoms with E-state index in [4.69, 9.17) is 0 Å². The molecule has 1 aromatic rings. The molecule has 1 aromatic carbocycles. The van der Waals surface area contributed by atoms with E-state index in [2.05, 4.69) is 5.32 Å². The molecule has 2 aliphatic rings. The van der Waals surface area contributed by atoms with Gasteiger partial charge in [0.25, 0.3) is 0 Å². The molecule has 2 aliphatic heterocycles. The SMILES string of the molecule is CC(=O)NC(C)(C)C(=O)N1CCC2(CC1)C[C@H](c1ccccc1)C(=O)N(C)C2. The first-order valence-corrected chi connectivity index (χ1v) is 10.0. The standard InChI is InChI=1S/C22H31N3O3/c1-16(26)23-21(2,3)20(28)25-12-10-22(11-13-25)14-18(19(27)24(4)15-22)17-8-6-5-7-9-17/h5-9,18H,10-15H2,1-4H3,(H,23,26)/t18-/m1/s1. The average molecular weight is 386 g/mol. The Hall–Kier alpha value is -2.37. The summed E-state index contributed by atoms with van der Waals surface area (Å²) in [5, 5.41) is 2.75. The number of carbonyl (C=O) groups excluding carboxylic acids is 3. The number of benzene rings is 1. The van der Waals surface area contributed by atoms with Crippen LogP contribution in [0.25, 0.3) is 0 Å². The molecular formula is C22H31N3O3. The second-order valence-corrected chi connectivity index (χ2v) is 8.96. The van der Waals surface area contributed by atoms with Crippen LogP contribution in [-0.4, -0.2) is 59.7 Å². The molecule has 0 aromatic heterocycles. The number of piperidine rings is 2. The summed E-state index contributed by atoms with van der Waals surface area (Å²) < 4.78 is 0. The van der Waals surface area contributed by atoms with E-state index >= 15 is 0 Å². The fraction of sp³-hybridized carbons (Fsp3) is 0.591. The van der Waals surface area contributed by atoms with E-state index in [0.717, 1.165) is 31.4 Å². The summed E-state index contributed by atoms with van der Waals surface area (Å²) in [5.41, 5.74) is 0.212. The minimum atomic E-state index is -0.901. The molecule has 1 N–H and O–H groups in total. The summed E-state index contributed by atoms with van der Waals surface area (Å²) in [6.45, 7) is 6.99. The molecule has 0 saturated carbocycles. The lowest BCUT2D eigenvalue weighted by molar-refractivity contribution is -0.146. The maximum absolute atomic E-state index is 12.9. The van der Waals surface area contributed by atoms with Gasteiger partial charge in [-0.15, -0.1) is 0 Å². The first kappa shape index (κ1) is 20.4. The van der Waals surface area contributed by atoms with Crippen molar-refractivity contribution in [3.8, 4) is 0 Å². The van der Waals surface area contributed by atoms with Crippen LogP contribution in [0.2, 0.25) is 0 Å². The van der Waals surface area contributed by atoms with Gasteiger partial charge in [-0.25, -0.2) is 0 Å². The molecule has 152 valence electrons. The van der Waals surface area contributed by atoms with Gasteiger partial charge in [-0.3, -0.25) is 14.4 Å². The second kappa shape index (κ2) is 7.57. The van der Waals surface area contributed by atoms with Gasteiger partial charge >= 0.3 is 0 Å². The van der Waals surface area contributed by atoms with E-state index in [1.165, 1.54) is 6.92 Å². The monoisotopic (exact) mass is 385 g/mol. The van der Waals surface area contributed by atoms with Crippen molar-refractivity contribution in [3.63, 3.8) is 0 Å². The zero-order valence-electron chi connectivity index (χ0n) is 17.3. The fourth-order valence-corrected chi connectivity index (χ4v) is 4.81. The van der Waals surface area contributed by atoms with Crippen molar-refractivity contribution >= 4 is 17.7 Å². The maximum atomic E-state index is 12.9. The van der Waals surface area contributed by atoms with Gasteiger partial charge in [0.2, 0.25) is 17.7 Å². The van der Waals surface area contributed by atoms with Crippen LogP contribution in [0.1, 0.15) is 51.5 Å². The number of likely N-dealkylation sites (tertiary alicyclic amines) is 2. The largest absolute Gasteiger partial charge is 0.345 e. The Bertz CT molecular complexity index is 752. The van der Waals surface area contributed by atoms with Crippen molar-refractivity contribution in [2.24, 2.45) is 5.41 Å². The fourth-order valence-electron chi connectivity index (χ4n) is 4.81. The summed E-state index contributed by atoms with van der Waals surface area (Å²) in [5.74, 6) is -0.178. The lowest BCUT2D eigenvalue weighted by atomic mass is 9.67. The Morgan fingerprint density at radius 2 is 1.75 bits per heavy atom. The van der Waals surface area contributed by atoms with E-state index in [1.807, 2.05) is 47.2 Å². The molecule has 2 heterocycles. The number of hydrogen-bond acceptors (Lipinski definition) is 3. The summed E-state index contributed by atoms with van der Waals surface area (Å²) >= 11 is 0. The van der Waals surface area contributed by atoms with Gasteiger partial charge in [-0.1, -0.05) is 30.3 Å². The molecule has 0 aliphatic carbocycles. The molecule has 0 unspecified atom stereocenters. The highest BCUT2D eigenvalue weighted by Crippen LogP contribution is 2.45. The van der Waals surface area contributed by atoms with E-state index in [9.17, 15) is 14.4 Å². The molecule has 0 bridgehead atoms. The van der Waals surface area contributed by atoms with Gasteiger partial charge in [0.05, 0.1) is 5.92 Å². The zero-order chi connectivity index (χ0) is 20.5. The highest BCUT2D eigenvalue weighted by Gasteiger charge is 2.46. The Morgan fingerprint density at radius 3 is 2.32 bits per heavy atom. The van der Waals surface area contributed by atoms with Crippen molar-refractivity contribution < 1.29 is 14.4 Å². The predicted molar refractivity (Wildman–Crippen MR) is 108 cm³/mol. The van der Waals surface area contributed by atoms with Crippen LogP contribution >= 0.6 is 0 Å². The van der Waals surface area contributed by atoms with Crippen molar-refractivity contribution in [1.82, 2.24) is 15.1 Å². The Balaban J connectivity index is 1.71. The Kier molecular flexibility index (Phi) is 5.50. The molecule has 2 saturated heterocycles. The number of rotatable bonds is 3. The first-order chi connectivity index (χ1) is 13.1. The summed E-state index contributed by atoms with van der Waals surface area (Å²) in [7, 11) is 1.89. The third-order valence-electron chi connectivity index (χ3n) is 6.22. The molecule has 0 radical (unpaired) electrons. The van der Waals surface area contributed by atoms with Gasteiger partial charge in [0.15, 0.2) is 0 Å². The molecular weight excluding hydrogens is 354 g/mol. The van der Waals surface area contributed by atoms with Crippen molar-refractivity contribution in [2.45, 2.75) is 51.5 Å². The highest BCUT2D eigenvalue weighted by atomic mass is 16.2. The number of hydrogen-bond donors (Lipinski definition) is 1. The summed E-state index contributed by atoms with van der Waals surface area (Å²) in [4.78, 5) is 40.8. The highest BCUT2D eigenvalue weighted by molar-refractivity contribution is 5.90. The van der Waals surface area contributed by atoms with Crippen LogP contribution in [0.15, 0.2) is 30.3 Å². The Morgan fingerprint density at radius 1 is 1.14 bits per heavy atom. The number of nitrogens with one attached hydrogen (secondary N) is 1. The maximum Gasteiger partial charge on any atom is 0.247 e. The van der Waals surface area contributed by atoms with Crippen LogP contribution in [0, 0.1) is 5.41 Å². The van der Waals surface area contributed by atoms with Crippen molar-refractivity contribution in [3.05, 3.63) is 35.9 Å². The normalized spacial score (nSPS) is 22.3. The van der Waals surface area contributed by atoms with E-state index < -0.39 is 5.54 Å². The lowest BCUT2D eigenvalue weighted by Crippen LogP contribution is -2.59. The number of nitrogens with zero attached hydrogens (tertiary/aromatic N) is 2. The quantitative estimate of drug-likeness (QED) is 0.867. The zero-order valence-corrected chi connectivity index (χ0v) is 17.3. The van der Waals surface area contributed by atoms with Crippen molar-refractivity contribution in [1.29, 1.82) is 0 Å². The molecule has 6 heteroatoms. The van der Waals surface area contributed by atoms with E-state index in [0.29, 0.717) is 13.1 Å². The molecule has 1 atom stereocenters. The first-order valence-electron chi connectivity index (χ1n) is 10.0. The van der Waals surface area contributed by atoms with Crippen LogP contribution in [0.4, 0.5) is 0 Å². The molecule has 3 amide bonds. The van der Waals surface area contributed by atoms with Crippen LogP contribution in [0.3, 0.4) is 0 Å². The second-order valence-electron chi connectivity index (χ2n) is 8.96. The smallest absolute Gasteiger partial charge is 0.247 e. The van der Waals surface area contributed by atoms with Crippen LogP contribution < -0.4 is 5.32 Å².